The fourth-order valence-electron chi connectivity index (χ4n) is 5.87. The molecular weight excluding hydrogens is 642 g/mol. The van der Waals surface area contributed by atoms with Crippen LogP contribution in [0, 0.1) is 19.3 Å². The van der Waals surface area contributed by atoms with Crippen molar-refractivity contribution in [2.45, 2.75) is 124 Å². The number of aliphatic hydroxyl groups is 4. The highest BCUT2D eigenvalue weighted by Crippen LogP contribution is 2.55. The third kappa shape index (κ3) is 11.5. The van der Waals surface area contributed by atoms with Gasteiger partial charge in [0.2, 0.25) is 0 Å². The van der Waals surface area contributed by atoms with Crippen molar-refractivity contribution in [2.24, 2.45) is 5.41 Å². The van der Waals surface area contributed by atoms with Gasteiger partial charge in [0.1, 0.15) is 5.60 Å². The summed E-state index contributed by atoms with van der Waals surface area (Å²) in [6.07, 6.45) is 0. The first-order valence-corrected chi connectivity index (χ1v) is 17.9. The Kier molecular flexibility index (Phi) is 16.3. The molecule has 0 aliphatic heterocycles. The van der Waals surface area contributed by atoms with Gasteiger partial charge in [0, 0.05) is 0 Å². The first-order chi connectivity index (χ1) is 20.9. The van der Waals surface area contributed by atoms with E-state index in [2.05, 4.69) is 121 Å². The standard InChI is InChI=1S/C35H56O4.2H3O3P/c1-22-15-24(30(3,4)5)28(25(16-22)31(6,7)8)35(39,34(19-36,20-37)21-38)29-26(32(9,10)11)17-23(2)18-27(29)33(12,13)14;2*1-4(2)3/h15-18,36-39H,19-21H2,1-14H3;2*1-3H. The minimum atomic E-state index is -2.62. The van der Waals surface area contributed by atoms with E-state index < -0.39 is 48.0 Å². The molecule has 272 valence electrons. The minimum absolute atomic E-state index is 0.379. The molecule has 0 fully saturated rings. The molecule has 0 atom stereocenters. The van der Waals surface area contributed by atoms with Crippen molar-refractivity contribution in [1.82, 2.24) is 0 Å². The van der Waals surface area contributed by atoms with E-state index in [1.54, 1.807) is 0 Å². The van der Waals surface area contributed by atoms with E-state index in [1.165, 1.54) is 0 Å². The number of hydrogen-bond donors (Lipinski definition) is 10. The molecule has 2 aromatic carbocycles. The average Bonchev–Trinajstić information content (AvgIpc) is 2.86. The van der Waals surface area contributed by atoms with Gasteiger partial charge in [0.05, 0.1) is 25.2 Å². The van der Waals surface area contributed by atoms with Gasteiger partial charge < -0.3 is 49.8 Å². The Balaban J connectivity index is 0.00000236. The molecule has 0 saturated carbocycles. The predicted molar refractivity (Wildman–Crippen MR) is 191 cm³/mol. The fraction of sp³-hybridized carbons (Fsp3) is 0.657. The molecule has 10 nitrogen and oxygen atoms in total. The van der Waals surface area contributed by atoms with Gasteiger partial charge in [-0.3, -0.25) is 0 Å². The second kappa shape index (κ2) is 16.7. The summed E-state index contributed by atoms with van der Waals surface area (Å²) in [6, 6.07) is 8.48. The van der Waals surface area contributed by atoms with E-state index in [0.717, 1.165) is 33.4 Å². The molecule has 0 amide bonds. The molecule has 0 aromatic heterocycles. The van der Waals surface area contributed by atoms with Gasteiger partial charge in [-0.1, -0.05) is 118 Å². The summed E-state index contributed by atoms with van der Waals surface area (Å²) >= 11 is 0. The van der Waals surface area contributed by atoms with Gasteiger partial charge >= 0.3 is 17.2 Å². The summed E-state index contributed by atoms with van der Waals surface area (Å²) in [4.78, 5) is 43.4. The SMILES string of the molecule is Cc1cc(C(C)(C)C)c(C(O)(c2c(C(C)(C)C)cc(C)cc2C(C)(C)C)C(CO)(CO)CO)c(C(C)(C)C)c1.OP(O)O.OP(O)O. The van der Waals surface area contributed by atoms with Crippen LogP contribution in [0.1, 0.15) is 128 Å². The van der Waals surface area contributed by atoms with Gasteiger partial charge in [-0.05, 0) is 68.9 Å². The van der Waals surface area contributed by atoms with E-state index in [0.29, 0.717) is 11.1 Å². The van der Waals surface area contributed by atoms with Crippen LogP contribution in [-0.4, -0.2) is 69.6 Å². The van der Waals surface area contributed by atoms with Gasteiger partial charge in [-0.25, -0.2) is 0 Å². The maximum Gasteiger partial charge on any atom is 0.324 e. The quantitative estimate of drug-likeness (QED) is 0.181. The Labute approximate surface area is 284 Å². The van der Waals surface area contributed by atoms with Crippen molar-refractivity contribution in [3.63, 3.8) is 0 Å². The van der Waals surface area contributed by atoms with Crippen molar-refractivity contribution < 1.29 is 49.8 Å². The van der Waals surface area contributed by atoms with Crippen LogP contribution in [0.15, 0.2) is 24.3 Å². The lowest BCUT2D eigenvalue weighted by Crippen LogP contribution is -2.57. The van der Waals surface area contributed by atoms with Crippen LogP contribution in [-0.2, 0) is 27.3 Å². The monoisotopic (exact) mass is 704 g/mol. The lowest BCUT2D eigenvalue weighted by molar-refractivity contribution is -0.138. The molecule has 0 spiro atoms. The lowest BCUT2D eigenvalue weighted by Gasteiger charge is -2.52. The van der Waals surface area contributed by atoms with Crippen molar-refractivity contribution in [1.29, 1.82) is 0 Å². The topological polar surface area (TPSA) is 202 Å². The summed E-state index contributed by atoms with van der Waals surface area (Å²) in [5.41, 5.74) is 2.15. The first-order valence-electron chi connectivity index (χ1n) is 15.5. The van der Waals surface area contributed by atoms with Crippen LogP contribution < -0.4 is 0 Å². The Bertz CT molecular complexity index is 1120. The van der Waals surface area contributed by atoms with Gasteiger partial charge in [0.25, 0.3) is 0 Å². The van der Waals surface area contributed by atoms with E-state index in [4.69, 9.17) is 29.4 Å². The molecule has 0 aliphatic carbocycles. The van der Waals surface area contributed by atoms with E-state index in [1.807, 2.05) is 0 Å². The molecule has 0 bridgehead atoms. The van der Waals surface area contributed by atoms with Crippen LogP contribution in [0.25, 0.3) is 0 Å². The lowest BCUT2D eigenvalue weighted by atomic mass is 9.56. The highest BCUT2D eigenvalue weighted by molar-refractivity contribution is 7.38. The third-order valence-electron chi connectivity index (χ3n) is 8.20. The maximum absolute atomic E-state index is 13.7. The highest BCUT2D eigenvalue weighted by Gasteiger charge is 2.57. The van der Waals surface area contributed by atoms with Crippen molar-refractivity contribution >= 4 is 17.2 Å². The van der Waals surface area contributed by atoms with Crippen LogP contribution in [0.4, 0.5) is 0 Å². The molecule has 12 heteroatoms. The maximum atomic E-state index is 13.7. The molecule has 0 heterocycles. The zero-order valence-electron chi connectivity index (χ0n) is 30.8. The Hall–Kier alpha value is -1.10. The molecule has 10 N–H and O–H groups in total. The van der Waals surface area contributed by atoms with Crippen LogP contribution in [0.3, 0.4) is 0 Å². The minimum Gasteiger partial charge on any atom is -0.395 e. The molecule has 0 aliphatic rings. The van der Waals surface area contributed by atoms with Gasteiger partial charge in [-0.15, -0.1) is 0 Å². The Morgan fingerprint density at radius 3 is 0.745 bits per heavy atom. The largest absolute Gasteiger partial charge is 0.395 e. The first kappa shape index (κ1) is 45.9. The van der Waals surface area contributed by atoms with Crippen molar-refractivity contribution in [3.05, 3.63) is 68.8 Å². The number of rotatable bonds is 6. The van der Waals surface area contributed by atoms with E-state index >= 15 is 0 Å². The number of aryl methyl sites for hydroxylation is 2. The summed E-state index contributed by atoms with van der Waals surface area (Å²) in [6.45, 7) is 27.9. The second-order valence-electron chi connectivity index (χ2n) is 16.5. The Morgan fingerprint density at radius 2 is 0.617 bits per heavy atom. The Morgan fingerprint density at radius 1 is 0.447 bits per heavy atom. The molecule has 47 heavy (non-hydrogen) atoms. The van der Waals surface area contributed by atoms with Gasteiger partial charge in [-0.2, -0.15) is 0 Å². The molecule has 0 saturated heterocycles. The summed E-state index contributed by atoms with van der Waals surface area (Å²) < 4.78 is 0. The zero-order chi connectivity index (χ0) is 37.7. The fourth-order valence-corrected chi connectivity index (χ4v) is 5.87. The molecule has 0 radical (unpaired) electrons. The zero-order valence-corrected chi connectivity index (χ0v) is 32.6. The predicted octanol–water partition coefficient (Wildman–Crippen LogP) is 5.07. The van der Waals surface area contributed by atoms with Crippen LogP contribution >= 0.6 is 17.2 Å². The summed E-state index contributed by atoms with van der Waals surface area (Å²) in [5.74, 6) is 0. The smallest absolute Gasteiger partial charge is 0.324 e. The summed E-state index contributed by atoms with van der Waals surface area (Å²) in [5, 5.41) is 46.9. The van der Waals surface area contributed by atoms with Crippen molar-refractivity contribution in [2.75, 3.05) is 19.8 Å². The number of benzene rings is 2. The van der Waals surface area contributed by atoms with Crippen molar-refractivity contribution in [3.8, 4) is 0 Å². The number of aliphatic hydroxyl groups excluding tert-OH is 3. The van der Waals surface area contributed by atoms with E-state index in [9.17, 15) is 20.4 Å². The second-order valence-corrected chi connectivity index (χ2v) is 17.5. The molecular formula is C35H62O10P2. The average molecular weight is 705 g/mol. The normalized spacial score (nSPS) is 13.3. The van der Waals surface area contributed by atoms with Crippen LogP contribution in [0.5, 0.6) is 0 Å². The third-order valence-corrected chi connectivity index (χ3v) is 8.20. The highest BCUT2D eigenvalue weighted by atomic mass is 31.2. The van der Waals surface area contributed by atoms with Gasteiger partial charge in [0.15, 0.2) is 0 Å². The number of hydrogen-bond acceptors (Lipinski definition) is 10. The summed E-state index contributed by atoms with van der Waals surface area (Å²) in [7, 11) is -5.24. The molecule has 2 aromatic rings. The van der Waals surface area contributed by atoms with E-state index in [-0.39, 0.29) is 21.7 Å². The molecule has 2 rings (SSSR count). The van der Waals surface area contributed by atoms with Crippen LogP contribution in [0.2, 0.25) is 0 Å². The molecule has 0 unspecified atom stereocenters.